The number of nitrogens with one attached hydrogen (secondary N) is 3. The zero-order valence-electron chi connectivity index (χ0n) is 21.6. The number of aliphatic carboxylic acids is 1. The Kier molecular flexibility index (Phi) is 14.2. The summed E-state index contributed by atoms with van der Waals surface area (Å²) in [5, 5.41) is 26.4. The summed E-state index contributed by atoms with van der Waals surface area (Å²) in [5.74, 6) is -3.15. The van der Waals surface area contributed by atoms with Gasteiger partial charge >= 0.3 is 5.97 Å². The van der Waals surface area contributed by atoms with Crippen LogP contribution in [0, 0.1) is 0 Å². The molecule has 0 aromatic heterocycles. The number of carbonyl (C=O) groups excluding carboxylic acids is 3. The second-order valence-electron chi connectivity index (χ2n) is 8.90. The molecule has 0 radical (unpaired) electrons. The Balaban J connectivity index is 2.75. The molecule has 0 heterocycles. The number of amides is 3. The SMILES string of the molecule is C[C@H](NC(=O)[C@@H](N)Cc1ccc(O)cc1)C(=O)N[C@@H](CCCCN)C(=O)N[C@@H](CCCN=C(N)N)C(=O)O. The smallest absolute Gasteiger partial charge is 0.326 e. The number of guanidine groups is 1. The Morgan fingerprint density at radius 2 is 1.50 bits per heavy atom. The van der Waals surface area contributed by atoms with Gasteiger partial charge in [-0.15, -0.1) is 0 Å². The summed E-state index contributed by atoms with van der Waals surface area (Å²) in [4.78, 5) is 53.6. The second-order valence-corrected chi connectivity index (χ2v) is 8.90. The van der Waals surface area contributed by atoms with Gasteiger partial charge in [0, 0.05) is 6.54 Å². The number of carboxylic acids is 1. The average Bonchev–Trinajstić information content (AvgIpc) is 2.85. The van der Waals surface area contributed by atoms with Gasteiger partial charge in [-0.05, 0) is 69.7 Å². The van der Waals surface area contributed by atoms with Gasteiger partial charge in [0.2, 0.25) is 17.7 Å². The van der Waals surface area contributed by atoms with E-state index in [0.717, 1.165) is 5.56 Å². The minimum Gasteiger partial charge on any atom is -0.508 e. The first kappa shape index (κ1) is 32.1. The van der Waals surface area contributed by atoms with Gasteiger partial charge in [-0.25, -0.2) is 4.79 Å². The van der Waals surface area contributed by atoms with Crippen molar-refractivity contribution in [3.05, 3.63) is 29.8 Å². The molecule has 0 fully saturated rings. The molecule has 1 rings (SSSR count). The predicted molar refractivity (Wildman–Crippen MR) is 142 cm³/mol. The van der Waals surface area contributed by atoms with Crippen molar-refractivity contribution in [2.75, 3.05) is 13.1 Å². The number of phenolic OH excluding ortho intramolecular Hbond substituents is 1. The van der Waals surface area contributed by atoms with Crippen molar-refractivity contribution < 1.29 is 29.4 Å². The molecule has 0 unspecified atom stereocenters. The highest BCUT2D eigenvalue weighted by Gasteiger charge is 2.28. The molecule has 0 bridgehead atoms. The molecular formula is C24H40N8O6. The normalized spacial score (nSPS) is 13.9. The Labute approximate surface area is 221 Å². The molecule has 212 valence electrons. The first-order chi connectivity index (χ1) is 17.9. The van der Waals surface area contributed by atoms with Crippen LogP contribution in [-0.4, -0.2) is 77.1 Å². The van der Waals surface area contributed by atoms with E-state index in [1.807, 2.05) is 0 Å². The van der Waals surface area contributed by atoms with Gasteiger partial charge in [0.15, 0.2) is 5.96 Å². The van der Waals surface area contributed by atoms with Crippen LogP contribution in [-0.2, 0) is 25.6 Å². The quantitative estimate of drug-likeness (QED) is 0.0600. The van der Waals surface area contributed by atoms with Crippen LogP contribution in [0.3, 0.4) is 0 Å². The summed E-state index contributed by atoms with van der Waals surface area (Å²) in [6.07, 6.45) is 1.90. The topological polar surface area (TPSA) is 261 Å². The van der Waals surface area contributed by atoms with E-state index in [0.29, 0.717) is 25.8 Å². The standard InChI is InChI=1S/C24H40N8O6/c1-14(30-21(35)17(26)13-15-7-9-16(33)10-8-15)20(34)31-18(5-2-3-11-25)22(36)32-19(23(37)38)6-4-12-29-24(27)28/h7-10,14,17-19,33H,2-6,11-13,25-26H2,1H3,(H,30,35)(H,31,34)(H,32,36)(H,37,38)(H4,27,28,29)/t14-,17-,18-,19-/m0/s1. The van der Waals surface area contributed by atoms with Gasteiger partial charge in [-0.1, -0.05) is 12.1 Å². The Hall–Kier alpha value is -3.91. The first-order valence-electron chi connectivity index (χ1n) is 12.4. The minimum absolute atomic E-state index is 0.0761. The summed E-state index contributed by atoms with van der Waals surface area (Å²) >= 11 is 0. The Bertz CT molecular complexity index is 952. The summed E-state index contributed by atoms with van der Waals surface area (Å²) in [6, 6.07) is 2.00. The van der Waals surface area contributed by atoms with E-state index in [2.05, 4.69) is 20.9 Å². The Morgan fingerprint density at radius 3 is 2.08 bits per heavy atom. The van der Waals surface area contributed by atoms with Gasteiger partial charge in [0.05, 0.1) is 6.04 Å². The van der Waals surface area contributed by atoms with E-state index < -0.39 is 47.9 Å². The van der Waals surface area contributed by atoms with Gasteiger partial charge < -0.3 is 49.1 Å². The maximum Gasteiger partial charge on any atom is 0.326 e. The molecule has 0 aliphatic heterocycles. The Morgan fingerprint density at radius 1 is 0.895 bits per heavy atom. The van der Waals surface area contributed by atoms with Crippen molar-refractivity contribution >= 4 is 29.7 Å². The van der Waals surface area contributed by atoms with Crippen molar-refractivity contribution in [1.82, 2.24) is 16.0 Å². The molecule has 38 heavy (non-hydrogen) atoms. The molecule has 0 saturated heterocycles. The zero-order valence-corrected chi connectivity index (χ0v) is 21.6. The lowest BCUT2D eigenvalue weighted by atomic mass is 10.0. The molecule has 0 saturated carbocycles. The number of rotatable bonds is 17. The fraction of sp³-hybridized carbons (Fsp3) is 0.542. The number of nitrogens with zero attached hydrogens (tertiary/aromatic N) is 1. The number of aliphatic imine (C=N–C) groups is 1. The molecule has 4 atom stereocenters. The van der Waals surface area contributed by atoms with Crippen LogP contribution in [0.1, 0.15) is 44.6 Å². The van der Waals surface area contributed by atoms with Gasteiger partial charge in [-0.2, -0.15) is 0 Å². The van der Waals surface area contributed by atoms with Crippen LogP contribution in [0.5, 0.6) is 5.75 Å². The molecule has 3 amide bonds. The van der Waals surface area contributed by atoms with Crippen LogP contribution >= 0.6 is 0 Å². The number of aromatic hydroxyl groups is 1. The second kappa shape index (κ2) is 16.8. The van der Waals surface area contributed by atoms with Crippen molar-refractivity contribution in [3.8, 4) is 5.75 Å². The molecule has 0 spiro atoms. The first-order valence-corrected chi connectivity index (χ1v) is 12.4. The van der Waals surface area contributed by atoms with E-state index in [9.17, 15) is 29.4 Å². The number of hydrogen-bond acceptors (Lipinski definition) is 8. The highest BCUT2D eigenvalue weighted by atomic mass is 16.4. The predicted octanol–water partition coefficient (Wildman–Crippen LogP) is -2.00. The maximum absolute atomic E-state index is 12.9. The lowest BCUT2D eigenvalue weighted by Gasteiger charge is -2.24. The van der Waals surface area contributed by atoms with E-state index >= 15 is 0 Å². The molecular weight excluding hydrogens is 496 g/mol. The highest BCUT2D eigenvalue weighted by molar-refractivity contribution is 5.93. The molecule has 13 N–H and O–H groups in total. The van der Waals surface area contributed by atoms with Crippen molar-refractivity contribution in [2.24, 2.45) is 27.9 Å². The van der Waals surface area contributed by atoms with E-state index in [-0.39, 0.29) is 37.5 Å². The number of hydrogen-bond donors (Lipinski definition) is 9. The summed E-state index contributed by atoms with van der Waals surface area (Å²) in [7, 11) is 0. The average molecular weight is 537 g/mol. The van der Waals surface area contributed by atoms with E-state index in [1.165, 1.54) is 19.1 Å². The minimum atomic E-state index is -1.24. The molecule has 0 aliphatic carbocycles. The highest BCUT2D eigenvalue weighted by Crippen LogP contribution is 2.11. The van der Waals surface area contributed by atoms with Crippen molar-refractivity contribution in [3.63, 3.8) is 0 Å². The third-order valence-electron chi connectivity index (χ3n) is 5.62. The van der Waals surface area contributed by atoms with Crippen molar-refractivity contribution in [1.29, 1.82) is 0 Å². The zero-order chi connectivity index (χ0) is 28.7. The number of benzene rings is 1. The monoisotopic (exact) mass is 536 g/mol. The fourth-order valence-electron chi connectivity index (χ4n) is 3.46. The van der Waals surface area contributed by atoms with Crippen LogP contribution in [0.15, 0.2) is 29.3 Å². The lowest BCUT2D eigenvalue weighted by molar-refractivity contribution is -0.142. The third-order valence-corrected chi connectivity index (χ3v) is 5.62. The van der Waals surface area contributed by atoms with Crippen LogP contribution < -0.4 is 38.9 Å². The lowest BCUT2D eigenvalue weighted by Crippen LogP contribution is -2.56. The van der Waals surface area contributed by atoms with Gasteiger partial charge in [-0.3, -0.25) is 19.4 Å². The number of phenols is 1. The third kappa shape index (κ3) is 12.4. The largest absolute Gasteiger partial charge is 0.508 e. The van der Waals surface area contributed by atoms with Crippen LogP contribution in [0.25, 0.3) is 0 Å². The number of carbonyl (C=O) groups is 4. The van der Waals surface area contributed by atoms with Crippen LogP contribution in [0.4, 0.5) is 0 Å². The molecule has 14 nitrogen and oxygen atoms in total. The molecule has 14 heteroatoms. The summed E-state index contributed by atoms with van der Waals surface area (Å²) in [6.45, 7) is 2.03. The van der Waals surface area contributed by atoms with E-state index in [1.54, 1.807) is 12.1 Å². The maximum atomic E-state index is 12.9. The van der Waals surface area contributed by atoms with Crippen LogP contribution in [0.2, 0.25) is 0 Å². The number of unbranched alkanes of at least 4 members (excludes halogenated alkanes) is 1. The summed E-state index contributed by atoms with van der Waals surface area (Å²) < 4.78 is 0. The van der Waals surface area contributed by atoms with Crippen molar-refractivity contribution in [2.45, 2.75) is 69.6 Å². The number of carboxylic acid groups (broad SMARTS) is 1. The van der Waals surface area contributed by atoms with Gasteiger partial charge in [0.1, 0.15) is 23.9 Å². The molecule has 1 aromatic rings. The van der Waals surface area contributed by atoms with E-state index in [4.69, 9.17) is 22.9 Å². The molecule has 1 aromatic carbocycles. The van der Waals surface area contributed by atoms with Gasteiger partial charge in [0.25, 0.3) is 0 Å². The summed E-state index contributed by atoms with van der Waals surface area (Å²) in [5.41, 5.74) is 22.7. The fourth-order valence-corrected chi connectivity index (χ4v) is 3.46. The number of nitrogens with two attached hydrogens (primary N) is 4. The molecule has 0 aliphatic rings.